The second kappa shape index (κ2) is 5.69. The molecule has 1 unspecified atom stereocenters. The fourth-order valence-corrected chi connectivity index (χ4v) is 2.89. The molecule has 2 rings (SSSR count). The molecule has 20 heavy (non-hydrogen) atoms. The van der Waals surface area contributed by atoms with Crippen LogP contribution in [0.5, 0.6) is 0 Å². The van der Waals surface area contributed by atoms with E-state index in [1.165, 1.54) is 19.1 Å². The van der Waals surface area contributed by atoms with E-state index in [0.29, 0.717) is 5.69 Å². The van der Waals surface area contributed by atoms with E-state index in [4.69, 9.17) is 5.11 Å². The van der Waals surface area contributed by atoms with Gasteiger partial charge >= 0.3 is 0 Å². The van der Waals surface area contributed by atoms with Crippen molar-refractivity contribution in [2.45, 2.75) is 36.3 Å². The Balaban J connectivity index is 1.99. The summed E-state index contributed by atoms with van der Waals surface area (Å²) in [6.07, 6.45) is 1.80. The van der Waals surface area contributed by atoms with Gasteiger partial charge in [-0.25, -0.2) is 13.1 Å². The molecule has 1 atom stereocenters. The van der Waals surface area contributed by atoms with Gasteiger partial charge in [0.05, 0.1) is 11.5 Å². The van der Waals surface area contributed by atoms with Crippen LogP contribution in [0, 0.1) is 0 Å². The number of hydrogen-bond donors (Lipinski definition) is 4. The van der Waals surface area contributed by atoms with E-state index >= 15 is 0 Å². The SMILES string of the molecule is CC(O)(CO)CNc1ccc(S(=O)(=O)NC2CC2)cc1. The molecule has 1 saturated carbocycles. The van der Waals surface area contributed by atoms with Crippen molar-refractivity contribution in [2.75, 3.05) is 18.5 Å². The van der Waals surface area contributed by atoms with Crippen molar-refractivity contribution in [1.82, 2.24) is 4.72 Å². The Hall–Kier alpha value is -1.15. The third-order valence-corrected chi connectivity index (χ3v) is 4.61. The topological polar surface area (TPSA) is 98.7 Å². The molecule has 1 aliphatic carbocycles. The number of benzene rings is 1. The van der Waals surface area contributed by atoms with E-state index < -0.39 is 15.6 Å². The summed E-state index contributed by atoms with van der Waals surface area (Å²) in [5, 5.41) is 21.5. The summed E-state index contributed by atoms with van der Waals surface area (Å²) in [7, 11) is -3.43. The predicted octanol–water partition coefficient (Wildman–Crippen LogP) is 0.282. The molecule has 1 aliphatic rings. The molecule has 0 saturated heterocycles. The third-order valence-electron chi connectivity index (χ3n) is 3.08. The first-order chi connectivity index (χ1) is 9.32. The second-order valence-corrected chi connectivity index (χ2v) is 7.14. The van der Waals surface area contributed by atoms with Crippen molar-refractivity contribution >= 4 is 15.7 Å². The van der Waals surface area contributed by atoms with Crippen LogP contribution in [0.1, 0.15) is 19.8 Å². The number of nitrogens with one attached hydrogen (secondary N) is 2. The van der Waals surface area contributed by atoms with E-state index in [2.05, 4.69) is 10.0 Å². The third kappa shape index (κ3) is 4.17. The van der Waals surface area contributed by atoms with Crippen LogP contribution in [0.15, 0.2) is 29.2 Å². The van der Waals surface area contributed by atoms with Gasteiger partial charge in [0.25, 0.3) is 0 Å². The molecular weight excluding hydrogens is 280 g/mol. The molecule has 0 aliphatic heterocycles. The molecule has 0 bridgehead atoms. The zero-order chi connectivity index (χ0) is 14.8. The Labute approximate surface area is 118 Å². The Morgan fingerprint density at radius 3 is 2.40 bits per heavy atom. The average Bonchev–Trinajstić information content (AvgIpc) is 3.20. The lowest BCUT2D eigenvalue weighted by Gasteiger charge is -2.21. The normalized spacial score (nSPS) is 18.6. The van der Waals surface area contributed by atoms with E-state index in [9.17, 15) is 13.5 Å². The maximum Gasteiger partial charge on any atom is 0.240 e. The Morgan fingerprint density at radius 1 is 1.30 bits per heavy atom. The number of anilines is 1. The van der Waals surface area contributed by atoms with Crippen LogP contribution in [0.4, 0.5) is 5.69 Å². The Kier molecular flexibility index (Phi) is 4.33. The first-order valence-electron chi connectivity index (χ1n) is 6.52. The largest absolute Gasteiger partial charge is 0.393 e. The zero-order valence-electron chi connectivity index (χ0n) is 11.3. The lowest BCUT2D eigenvalue weighted by molar-refractivity contribution is 0.0132. The lowest BCUT2D eigenvalue weighted by Crippen LogP contribution is -2.37. The minimum Gasteiger partial charge on any atom is -0.393 e. The molecule has 0 radical (unpaired) electrons. The maximum atomic E-state index is 12.0. The van der Waals surface area contributed by atoms with Gasteiger partial charge in [-0.05, 0) is 44.0 Å². The van der Waals surface area contributed by atoms with Crippen LogP contribution < -0.4 is 10.0 Å². The number of rotatable bonds is 7. The summed E-state index contributed by atoms with van der Waals surface area (Å²) < 4.78 is 26.5. The first-order valence-corrected chi connectivity index (χ1v) is 8.00. The monoisotopic (exact) mass is 300 g/mol. The molecule has 1 fully saturated rings. The molecule has 0 spiro atoms. The van der Waals surface area contributed by atoms with Gasteiger partial charge in [0.15, 0.2) is 0 Å². The van der Waals surface area contributed by atoms with E-state index in [-0.39, 0.29) is 24.1 Å². The molecule has 112 valence electrons. The second-order valence-electron chi connectivity index (χ2n) is 5.43. The highest BCUT2D eigenvalue weighted by atomic mass is 32.2. The van der Waals surface area contributed by atoms with Crippen LogP contribution in [0.3, 0.4) is 0 Å². The number of aliphatic hydroxyl groups is 2. The molecule has 7 heteroatoms. The molecule has 1 aromatic rings. The summed E-state index contributed by atoms with van der Waals surface area (Å²) in [6, 6.07) is 6.38. The quantitative estimate of drug-likeness (QED) is 0.580. The fraction of sp³-hybridized carbons (Fsp3) is 0.538. The molecule has 0 aromatic heterocycles. The molecule has 4 N–H and O–H groups in total. The van der Waals surface area contributed by atoms with E-state index in [1.807, 2.05) is 0 Å². The summed E-state index contributed by atoms with van der Waals surface area (Å²) in [5.41, 5.74) is -0.526. The van der Waals surface area contributed by atoms with Crippen molar-refractivity contribution in [2.24, 2.45) is 0 Å². The van der Waals surface area contributed by atoms with Gasteiger partial charge < -0.3 is 15.5 Å². The summed E-state index contributed by atoms with van der Waals surface area (Å²) in [6.45, 7) is 1.34. The van der Waals surface area contributed by atoms with E-state index in [1.54, 1.807) is 12.1 Å². The predicted molar refractivity (Wildman–Crippen MR) is 76.0 cm³/mol. The highest BCUT2D eigenvalue weighted by Crippen LogP contribution is 2.22. The van der Waals surface area contributed by atoms with Crippen LogP contribution >= 0.6 is 0 Å². The van der Waals surface area contributed by atoms with Gasteiger partial charge in [-0.3, -0.25) is 0 Å². The minimum atomic E-state index is -3.43. The van der Waals surface area contributed by atoms with Gasteiger partial charge in [-0.2, -0.15) is 0 Å². The van der Waals surface area contributed by atoms with Crippen LogP contribution in [-0.4, -0.2) is 43.4 Å². The van der Waals surface area contributed by atoms with Gasteiger partial charge in [0.2, 0.25) is 10.0 Å². The summed E-state index contributed by atoms with van der Waals surface area (Å²) in [5.74, 6) is 0. The number of aliphatic hydroxyl groups excluding tert-OH is 1. The van der Waals surface area contributed by atoms with Crippen molar-refractivity contribution in [3.05, 3.63) is 24.3 Å². The van der Waals surface area contributed by atoms with Gasteiger partial charge in [0, 0.05) is 18.3 Å². The first kappa shape index (κ1) is 15.2. The van der Waals surface area contributed by atoms with Crippen molar-refractivity contribution in [3.8, 4) is 0 Å². The van der Waals surface area contributed by atoms with Gasteiger partial charge in [-0.15, -0.1) is 0 Å². The van der Waals surface area contributed by atoms with E-state index in [0.717, 1.165) is 12.8 Å². The van der Waals surface area contributed by atoms with Gasteiger partial charge in [0.1, 0.15) is 5.60 Å². The highest BCUT2D eigenvalue weighted by molar-refractivity contribution is 7.89. The maximum absolute atomic E-state index is 12.0. The smallest absolute Gasteiger partial charge is 0.240 e. The molecule has 1 aromatic carbocycles. The molecule has 0 amide bonds. The highest BCUT2D eigenvalue weighted by Gasteiger charge is 2.27. The van der Waals surface area contributed by atoms with Gasteiger partial charge in [-0.1, -0.05) is 0 Å². The average molecular weight is 300 g/mol. The molecular formula is C13H20N2O4S. The van der Waals surface area contributed by atoms with Crippen LogP contribution in [-0.2, 0) is 10.0 Å². The van der Waals surface area contributed by atoms with Crippen molar-refractivity contribution in [1.29, 1.82) is 0 Å². The lowest BCUT2D eigenvalue weighted by atomic mass is 10.1. The number of sulfonamides is 1. The summed E-state index contributed by atoms with van der Waals surface area (Å²) in [4.78, 5) is 0.226. The van der Waals surface area contributed by atoms with Crippen LogP contribution in [0.25, 0.3) is 0 Å². The summed E-state index contributed by atoms with van der Waals surface area (Å²) >= 11 is 0. The van der Waals surface area contributed by atoms with Crippen LogP contribution in [0.2, 0.25) is 0 Å². The Bertz CT molecular complexity index is 550. The number of hydrogen-bond acceptors (Lipinski definition) is 5. The standard InChI is InChI=1S/C13H20N2O4S/c1-13(17,9-16)8-14-10-4-6-12(7-5-10)20(18,19)15-11-2-3-11/h4-7,11,14-17H,2-3,8-9H2,1H3. The minimum absolute atomic E-state index is 0.0810. The van der Waals surface area contributed by atoms with Crippen molar-refractivity contribution < 1.29 is 18.6 Å². The zero-order valence-corrected chi connectivity index (χ0v) is 12.2. The fourth-order valence-electron chi connectivity index (χ4n) is 1.59. The Morgan fingerprint density at radius 2 is 1.90 bits per heavy atom. The molecule has 6 nitrogen and oxygen atoms in total. The molecule has 0 heterocycles. The van der Waals surface area contributed by atoms with Crippen molar-refractivity contribution in [3.63, 3.8) is 0 Å².